The van der Waals surface area contributed by atoms with E-state index in [1.165, 1.54) is 0 Å². The largest absolute Gasteiger partial charge is 0.395 e. The molecule has 1 aliphatic rings. The molecule has 0 spiro atoms. The minimum atomic E-state index is -0.209. The molecular formula is C14H20ClNO2. The maximum Gasteiger partial charge on any atom is 0.0582 e. The van der Waals surface area contributed by atoms with Crippen LogP contribution in [-0.2, 0) is 10.2 Å². The van der Waals surface area contributed by atoms with E-state index in [-0.39, 0.29) is 18.1 Å². The van der Waals surface area contributed by atoms with Gasteiger partial charge >= 0.3 is 0 Å². The summed E-state index contributed by atoms with van der Waals surface area (Å²) in [4.78, 5) is 0. The highest BCUT2D eigenvalue weighted by Gasteiger charge is 2.37. The van der Waals surface area contributed by atoms with Crippen molar-refractivity contribution in [3.63, 3.8) is 0 Å². The fourth-order valence-corrected chi connectivity index (χ4v) is 3.14. The lowest BCUT2D eigenvalue weighted by molar-refractivity contribution is 0.0417. The predicted molar refractivity (Wildman–Crippen MR) is 72.9 cm³/mol. The van der Waals surface area contributed by atoms with Crippen LogP contribution in [-0.4, -0.2) is 31.0 Å². The zero-order chi connectivity index (χ0) is 13.0. The van der Waals surface area contributed by atoms with Gasteiger partial charge in [0.05, 0.1) is 6.61 Å². The van der Waals surface area contributed by atoms with E-state index in [4.69, 9.17) is 22.1 Å². The smallest absolute Gasteiger partial charge is 0.0582 e. The molecule has 1 unspecified atom stereocenters. The van der Waals surface area contributed by atoms with Crippen LogP contribution in [0.15, 0.2) is 24.3 Å². The number of hydrogen-bond donors (Lipinski definition) is 2. The number of nitrogens with two attached hydrogens (primary N) is 1. The lowest BCUT2D eigenvalue weighted by Crippen LogP contribution is -2.41. The first kappa shape index (κ1) is 13.8. The van der Waals surface area contributed by atoms with Crippen LogP contribution in [0.2, 0.25) is 5.02 Å². The molecule has 2 rings (SSSR count). The topological polar surface area (TPSA) is 55.5 Å². The maximum absolute atomic E-state index is 9.21. The Morgan fingerprint density at radius 3 is 2.61 bits per heavy atom. The van der Waals surface area contributed by atoms with Crippen LogP contribution in [0.4, 0.5) is 0 Å². The summed E-state index contributed by atoms with van der Waals surface area (Å²) >= 11 is 6.33. The second kappa shape index (κ2) is 6.02. The maximum atomic E-state index is 9.21. The Morgan fingerprint density at radius 1 is 1.33 bits per heavy atom. The molecule has 1 atom stereocenters. The summed E-state index contributed by atoms with van der Waals surface area (Å²) in [7, 11) is 0. The van der Waals surface area contributed by atoms with Crippen LogP contribution in [0.5, 0.6) is 0 Å². The third-order valence-electron chi connectivity index (χ3n) is 3.78. The molecule has 4 heteroatoms. The lowest BCUT2D eigenvalue weighted by atomic mass is 9.70. The zero-order valence-electron chi connectivity index (χ0n) is 10.4. The molecule has 1 saturated heterocycles. The molecule has 18 heavy (non-hydrogen) atoms. The summed E-state index contributed by atoms with van der Waals surface area (Å²) in [5, 5.41) is 9.99. The van der Waals surface area contributed by atoms with Gasteiger partial charge in [-0.25, -0.2) is 0 Å². The van der Waals surface area contributed by atoms with Crippen molar-refractivity contribution in [3.05, 3.63) is 34.9 Å². The Morgan fingerprint density at radius 2 is 2.00 bits per heavy atom. The number of rotatable bonds is 4. The first-order chi connectivity index (χ1) is 8.68. The minimum absolute atomic E-state index is 0.00700. The highest BCUT2D eigenvalue weighted by molar-refractivity contribution is 6.31. The number of aliphatic hydroxyl groups is 1. The monoisotopic (exact) mass is 269 g/mol. The molecule has 3 nitrogen and oxygen atoms in total. The summed E-state index contributed by atoms with van der Waals surface area (Å²) in [6.45, 7) is 1.46. The fraction of sp³-hybridized carbons (Fsp3) is 0.571. The summed E-state index contributed by atoms with van der Waals surface area (Å²) < 4.78 is 5.45. The van der Waals surface area contributed by atoms with E-state index >= 15 is 0 Å². The molecular weight excluding hydrogens is 250 g/mol. The Kier molecular flexibility index (Phi) is 4.62. The van der Waals surface area contributed by atoms with Crippen LogP contribution in [0.3, 0.4) is 0 Å². The molecule has 0 radical (unpaired) electrons. The average Bonchev–Trinajstić information content (AvgIpc) is 2.40. The van der Waals surface area contributed by atoms with Crippen molar-refractivity contribution < 1.29 is 9.84 Å². The van der Waals surface area contributed by atoms with E-state index in [1.807, 2.05) is 18.2 Å². The molecule has 0 aliphatic carbocycles. The van der Waals surface area contributed by atoms with Gasteiger partial charge in [-0.2, -0.15) is 0 Å². The molecule has 3 N–H and O–H groups in total. The number of hydrogen-bond acceptors (Lipinski definition) is 3. The summed E-state index contributed by atoms with van der Waals surface area (Å²) in [6, 6.07) is 7.71. The lowest BCUT2D eigenvalue weighted by Gasteiger charge is -2.39. The number of benzene rings is 1. The van der Waals surface area contributed by atoms with Gasteiger partial charge in [0.15, 0.2) is 0 Å². The molecule has 100 valence electrons. The number of ether oxygens (including phenoxy) is 1. The normalized spacial score (nSPS) is 20.6. The third-order valence-corrected chi connectivity index (χ3v) is 4.11. The molecule has 0 bridgehead atoms. The van der Waals surface area contributed by atoms with Gasteiger partial charge in [0.25, 0.3) is 0 Å². The molecule has 1 aliphatic heterocycles. The highest BCUT2D eigenvalue weighted by atomic mass is 35.5. The van der Waals surface area contributed by atoms with Gasteiger partial charge in [-0.05, 0) is 30.9 Å². The van der Waals surface area contributed by atoms with Crippen molar-refractivity contribution >= 4 is 11.6 Å². The van der Waals surface area contributed by atoms with Crippen molar-refractivity contribution in [2.45, 2.75) is 30.7 Å². The van der Waals surface area contributed by atoms with Crippen molar-refractivity contribution in [1.82, 2.24) is 0 Å². The van der Waals surface area contributed by atoms with Crippen molar-refractivity contribution in [3.8, 4) is 0 Å². The zero-order valence-corrected chi connectivity index (χ0v) is 11.2. The van der Waals surface area contributed by atoms with Gasteiger partial charge in [-0.15, -0.1) is 0 Å². The Labute approximate surface area is 113 Å². The van der Waals surface area contributed by atoms with Crippen LogP contribution in [0, 0.1) is 0 Å². The number of halogens is 1. The standard InChI is InChI=1S/C14H20ClNO2/c15-13-4-2-1-3-12(13)14(9-11(16)10-17)5-7-18-8-6-14/h1-4,11,17H,5-10,16H2. The van der Waals surface area contributed by atoms with E-state index in [9.17, 15) is 5.11 Å². The van der Waals surface area contributed by atoms with E-state index in [2.05, 4.69) is 6.07 Å². The van der Waals surface area contributed by atoms with E-state index in [0.717, 1.165) is 43.1 Å². The molecule has 0 amide bonds. The Hall–Kier alpha value is -0.610. The van der Waals surface area contributed by atoms with E-state index in [0.29, 0.717) is 0 Å². The average molecular weight is 270 g/mol. The molecule has 1 aromatic rings. The van der Waals surface area contributed by atoms with Crippen molar-refractivity contribution in [2.24, 2.45) is 5.73 Å². The van der Waals surface area contributed by atoms with Gasteiger partial charge in [0.2, 0.25) is 0 Å². The molecule has 0 saturated carbocycles. The SMILES string of the molecule is NC(CO)CC1(c2ccccc2Cl)CCOCC1. The van der Waals surface area contributed by atoms with Gasteiger partial charge in [-0.3, -0.25) is 0 Å². The van der Waals surface area contributed by atoms with Gasteiger partial charge < -0.3 is 15.6 Å². The molecule has 1 fully saturated rings. The Bertz CT molecular complexity index is 391. The van der Waals surface area contributed by atoms with Gasteiger partial charge in [0, 0.05) is 29.7 Å². The number of aliphatic hydroxyl groups excluding tert-OH is 1. The van der Waals surface area contributed by atoms with Crippen molar-refractivity contribution in [2.75, 3.05) is 19.8 Å². The summed E-state index contributed by atoms with van der Waals surface area (Å²) in [5.74, 6) is 0. The first-order valence-electron chi connectivity index (χ1n) is 6.37. The quantitative estimate of drug-likeness (QED) is 0.880. The van der Waals surface area contributed by atoms with Gasteiger partial charge in [0.1, 0.15) is 0 Å². The highest BCUT2D eigenvalue weighted by Crippen LogP contribution is 2.41. The summed E-state index contributed by atoms with van der Waals surface area (Å²) in [5.41, 5.74) is 7.02. The predicted octanol–water partition coefficient (Wildman–Crippen LogP) is 2.10. The van der Waals surface area contributed by atoms with Crippen molar-refractivity contribution in [1.29, 1.82) is 0 Å². The van der Waals surface area contributed by atoms with E-state index in [1.54, 1.807) is 0 Å². The van der Waals surface area contributed by atoms with Gasteiger partial charge in [-0.1, -0.05) is 29.8 Å². The van der Waals surface area contributed by atoms with Crippen LogP contribution < -0.4 is 5.73 Å². The van der Waals surface area contributed by atoms with Crippen LogP contribution in [0.25, 0.3) is 0 Å². The van der Waals surface area contributed by atoms with Crippen LogP contribution in [0.1, 0.15) is 24.8 Å². The van der Waals surface area contributed by atoms with Crippen LogP contribution >= 0.6 is 11.6 Å². The first-order valence-corrected chi connectivity index (χ1v) is 6.75. The summed E-state index contributed by atoms with van der Waals surface area (Å²) in [6.07, 6.45) is 2.56. The second-order valence-electron chi connectivity index (χ2n) is 5.02. The Balaban J connectivity index is 2.32. The molecule has 1 heterocycles. The second-order valence-corrected chi connectivity index (χ2v) is 5.43. The minimum Gasteiger partial charge on any atom is -0.395 e. The molecule has 0 aromatic heterocycles. The molecule has 1 aromatic carbocycles. The van der Waals surface area contributed by atoms with E-state index < -0.39 is 0 Å². The fourth-order valence-electron chi connectivity index (χ4n) is 2.80. The third kappa shape index (κ3) is 2.86.